The van der Waals surface area contributed by atoms with Crippen LogP contribution in [-0.4, -0.2) is 10.2 Å². The molecule has 0 unspecified atom stereocenters. The molecule has 0 aliphatic carbocycles. The lowest BCUT2D eigenvalue weighted by molar-refractivity contribution is 0.107. The summed E-state index contributed by atoms with van der Waals surface area (Å²) < 4.78 is 37.3. The van der Waals surface area contributed by atoms with E-state index in [2.05, 4.69) is 0 Å². The molecule has 0 bridgehead atoms. The summed E-state index contributed by atoms with van der Waals surface area (Å²) in [6, 6.07) is 0. The summed E-state index contributed by atoms with van der Waals surface area (Å²) in [5, 5.41) is -1.25. The van der Waals surface area contributed by atoms with E-state index in [9.17, 15) is 22.8 Å². The minimum Gasteiger partial charge on any atom is -0.328 e. The van der Waals surface area contributed by atoms with Crippen molar-refractivity contribution in [3.05, 3.63) is 33.5 Å². The van der Waals surface area contributed by atoms with Crippen molar-refractivity contribution in [2.45, 2.75) is 6.43 Å². The normalized spacial score (nSPS) is 10.6. The molecule has 0 amide bonds. The highest BCUT2D eigenvalue weighted by Crippen LogP contribution is 2.20. The maximum Gasteiger partial charge on any atom is 0.272 e. The third-order valence-electron chi connectivity index (χ3n) is 1.50. The Morgan fingerprint density at radius 2 is 2.07 bits per heavy atom. The smallest absolute Gasteiger partial charge is 0.272 e. The number of nitrogens with one attached hydrogen (secondary N) is 1. The van der Waals surface area contributed by atoms with Gasteiger partial charge in [0, 0.05) is 6.20 Å². The van der Waals surface area contributed by atoms with E-state index in [0.717, 1.165) is 0 Å². The summed E-state index contributed by atoms with van der Waals surface area (Å²) in [4.78, 5) is 23.0. The summed E-state index contributed by atoms with van der Waals surface area (Å²) in [7, 11) is 0. The van der Waals surface area contributed by atoms with Crippen molar-refractivity contribution in [3.8, 4) is 0 Å². The number of aromatic amines is 1. The van der Waals surface area contributed by atoms with Crippen LogP contribution in [0.25, 0.3) is 0 Å². The van der Waals surface area contributed by atoms with Crippen LogP contribution in [0.5, 0.6) is 0 Å². The number of H-pyrrole nitrogens is 1. The van der Waals surface area contributed by atoms with Crippen LogP contribution in [0.3, 0.4) is 0 Å². The van der Waals surface area contributed by atoms with Crippen molar-refractivity contribution in [1.82, 2.24) is 4.98 Å². The first-order valence-electron chi connectivity index (χ1n) is 3.34. The van der Waals surface area contributed by atoms with Crippen molar-refractivity contribution in [1.29, 1.82) is 0 Å². The Kier molecular flexibility index (Phi) is 2.95. The van der Waals surface area contributed by atoms with Crippen LogP contribution in [0.1, 0.15) is 22.3 Å². The summed E-state index contributed by atoms with van der Waals surface area (Å²) in [6.45, 7) is 0. The maximum atomic E-state index is 13.0. The van der Waals surface area contributed by atoms with Crippen LogP contribution in [-0.2, 0) is 0 Å². The predicted molar refractivity (Wildman–Crippen MR) is 42.2 cm³/mol. The van der Waals surface area contributed by atoms with Gasteiger partial charge < -0.3 is 4.98 Å². The fourth-order valence-electron chi connectivity index (χ4n) is 0.862. The zero-order chi connectivity index (χ0) is 10.9. The van der Waals surface area contributed by atoms with Gasteiger partial charge in [0.05, 0.1) is 5.56 Å². The molecule has 14 heavy (non-hydrogen) atoms. The second-order valence-corrected chi connectivity index (χ2v) is 2.68. The number of rotatable bonds is 2. The Balaban J connectivity index is 3.49. The van der Waals surface area contributed by atoms with Crippen LogP contribution >= 0.6 is 11.6 Å². The van der Waals surface area contributed by atoms with Gasteiger partial charge in [-0.15, -0.1) is 0 Å². The van der Waals surface area contributed by atoms with Gasteiger partial charge in [-0.2, -0.15) is 0 Å². The van der Waals surface area contributed by atoms with Gasteiger partial charge in [-0.05, 0) is 11.6 Å². The third-order valence-corrected chi connectivity index (χ3v) is 1.70. The molecule has 76 valence electrons. The molecule has 0 saturated heterocycles. The van der Waals surface area contributed by atoms with Crippen LogP contribution in [0, 0.1) is 5.82 Å². The van der Waals surface area contributed by atoms with Gasteiger partial charge in [-0.3, -0.25) is 9.59 Å². The number of carbonyl (C=O) groups excluding carboxylic acids is 1. The number of alkyl halides is 2. The van der Waals surface area contributed by atoms with E-state index in [4.69, 9.17) is 11.6 Å². The lowest BCUT2D eigenvalue weighted by Gasteiger charge is -2.02. The molecule has 0 saturated carbocycles. The number of hydrogen-bond donors (Lipinski definition) is 1. The van der Waals surface area contributed by atoms with Gasteiger partial charge >= 0.3 is 0 Å². The fourth-order valence-corrected chi connectivity index (χ4v) is 0.999. The van der Waals surface area contributed by atoms with E-state index in [0.29, 0.717) is 6.20 Å². The Bertz CT molecular complexity index is 429. The van der Waals surface area contributed by atoms with Crippen LogP contribution in [0.4, 0.5) is 13.2 Å². The van der Waals surface area contributed by atoms with Crippen molar-refractivity contribution >= 4 is 16.8 Å². The van der Waals surface area contributed by atoms with Crippen molar-refractivity contribution in [2.24, 2.45) is 0 Å². The summed E-state index contributed by atoms with van der Waals surface area (Å²) in [6.07, 6.45) is -2.64. The van der Waals surface area contributed by atoms with Crippen molar-refractivity contribution in [2.75, 3.05) is 0 Å². The molecule has 1 heterocycles. The number of hydrogen-bond acceptors (Lipinski definition) is 2. The van der Waals surface area contributed by atoms with Gasteiger partial charge in [-0.1, -0.05) is 0 Å². The average Bonchev–Trinajstić information content (AvgIpc) is 2.02. The SMILES string of the molecule is O=C(Cl)c1c[nH]c(=O)c(C(F)F)c1F. The van der Waals surface area contributed by atoms with E-state index in [1.54, 1.807) is 4.98 Å². The zero-order valence-electron chi connectivity index (χ0n) is 6.48. The van der Waals surface area contributed by atoms with Crippen molar-refractivity contribution < 1.29 is 18.0 Å². The largest absolute Gasteiger partial charge is 0.328 e. The summed E-state index contributed by atoms with van der Waals surface area (Å²) in [5.74, 6) is -1.58. The highest BCUT2D eigenvalue weighted by atomic mass is 35.5. The molecule has 0 aliphatic heterocycles. The highest BCUT2D eigenvalue weighted by Gasteiger charge is 2.23. The molecule has 0 fully saturated rings. The number of carbonyl (C=O) groups is 1. The molecular formula is C7H3ClF3NO2. The highest BCUT2D eigenvalue weighted by molar-refractivity contribution is 6.67. The molecule has 0 aromatic carbocycles. The van der Waals surface area contributed by atoms with Gasteiger partial charge in [0.2, 0.25) is 0 Å². The molecule has 0 atom stereocenters. The molecular weight excluding hydrogens is 223 g/mol. The predicted octanol–water partition coefficient (Wildman–Crippen LogP) is 1.83. The van der Waals surface area contributed by atoms with Crippen molar-refractivity contribution in [3.63, 3.8) is 0 Å². The molecule has 0 spiro atoms. The Hall–Kier alpha value is -1.30. The quantitative estimate of drug-likeness (QED) is 0.781. The first-order chi connectivity index (χ1) is 6.45. The molecule has 1 aromatic heterocycles. The topological polar surface area (TPSA) is 49.9 Å². The Morgan fingerprint density at radius 1 is 1.50 bits per heavy atom. The number of aromatic nitrogens is 1. The van der Waals surface area contributed by atoms with Crippen LogP contribution in [0.15, 0.2) is 11.0 Å². The monoisotopic (exact) mass is 225 g/mol. The molecule has 1 N–H and O–H groups in total. The zero-order valence-corrected chi connectivity index (χ0v) is 7.24. The van der Waals surface area contributed by atoms with E-state index in [1.807, 2.05) is 0 Å². The minimum absolute atomic E-state index is 0.652. The fraction of sp³-hybridized carbons (Fsp3) is 0.143. The van der Waals surface area contributed by atoms with Gasteiger partial charge in [0.15, 0.2) is 5.82 Å². The molecule has 7 heteroatoms. The molecule has 0 aliphatic rings. The van der Waals surface area contributed by atoms with Crippen LogP contribution < -0.4 is 5.56 Å². The number of pyridine rings is 1. The van der Waals surface area contributed by atoms with E-state index in [1.165, 1.54) is 0 Å². The van der Waals surface area contributed by atoms with E-state index >= 15 is 0 Å². The maximum absolute atomic E-state index is 13.0. The molecule has 1 aromatic rings. The third kappa shape index (κ3) is 1.79. The summed E-state index contributed by atoms with van der Waals surface area (Å²) in [5.41, 5.74) is -3.43. The standard InChI is InChI=1S/C7H3ClF3NO2/c8-5(13)2-1-12-7(14)3(4(2)9)6(10)11/h1,6H,(H,12,14). The molecule has 3 nitrogen and oxygen atoms in total. The summed E-state index contributed by atoms with van der Waals surface area (Å²) >= 11 is 4.89. The lowest BCUT2D eigenvalue weighted by Crippen LogP contribution is -2.17. The van der Waals surface area contributed by atoms with E-state index in [-0.39, 0.29) is 0 Å². The minimum atomic E-state index is -3.30. The second-order valence-electron chi connectivity index (χ2n) is 2.33. The van der Waals surface area contributed by atoms with Gasteiger partial charge in [0.1, 0.15) is 5.56 Å². The first-order valence-corrected chi connectivity index (χ1v) is 3.72. The van der Waals surface area contributed by atoms with Gasteiger partial charge in [-0.25, -0.2) is 13.2 Å². The molecule has 0 radical (unpaired) electrons. The molecule has 1 rings (SSSR count). The lowest BCUT2D eigenvalue weighted by atomic mass is 10.2. The number of halogens is 4. The van der Waals surface area contributed by atoms with E-state index < -0.39 is 34.2 Å². The van der Waals surface area contributed by atoms with Gasteiger partial charge in [0.25, 0.3) is 17.2 Å². The Morgan fingerprint density at radius 3 is 2.50 bits per heavy atom. The first kappa shape index (κ1) is 10.8. The Labute approximate surface area is 80.5 Å². The average molecular weight is 226 g/mol. The van der Waals surface area contributed by atoms with Crippen LogP contribution in [0.2, 0.25) is 0 Å². The second kappa shape index (κ2) is 3.83.